The van der Waals surface area contributed by atoms with Gasteiger partial charge in [-0.25, -0.2) is 0 Å². The van der Waals surface area contributed by atoms with Gasteiger partial charge < -0.3 is 20.1 Å². The number of rotatable bonds is 3. The molecule has 4 aliphatic carbocycles. The molecule has 4 aliphatic rings. The van der Waals surface area contributed by atoms with Gasteiger partial charge in [0.15, 0.2) is 11.4 Å². The summed E-state index contributed by atoms with van der Waals surface area (Å²) in [5.74, 6) is -1.57. The number of carbonyl (C=O) groups is 2. The molecule has 3 unspecified atom stereocenters. The second-order valence-electron chi connectivity index (χ2n) is 10.00. The van der Waals surface area contributed by atoms with Crippen LogP contribution >= 0.6 is 0 Å². The van der Waals surface area contributed by atoms with Gasteiger partial charge in [-0.1, -0.05) is 25.2 Å². The van der Waals surface area contributed by atoms with Gasteiger partial charge in [-0.3, -0.25) is 9.59 Å². The second-order valence-corrected chi connectivity index (χ2v) is 10.00. The van der Waals surface area contributed by atoms with Crippen LogP contribution in [-0.2, 0) is 14.3 Å². The third kappa shape index (κ3) is 2.58. The van der Waals surface area contributed by atoms with Crippen molar-refractivity contribution in [3.63, 3.8) is 0 Å². The van der Waals surface area contributed by atoms with Crippen molar-refractivity contribution >= 4 is 11.8 Å². The maximum Gasteiger partial charge on any atom is 0.302 e. The third-order valence-electron chi connectivity index (χ3n) is 8.50. The van der Waals surface area contributed by atoms with E-state index in [2.05, 4.69) is 6.58 Å². The van der Waals surface area contributed by atoms with E-state index in [9.17, 15) is 24.9 Å². The van der Waals surface area contributed by atoms with E-state index in [1.807, 2.05) is 13.8 Å². The molecule has 0 aliphatic heterocycles. The highest BCUT2D eigenvalue weighted by Gasteiger charge is 2.75. The van der Waals surface area contributed by atoms with Gasteiger partial charge in [-0.05, 0) is 55.9 Å². The van der Waals surface area contributed by atoms with Gasteiger partial charge in [-0.15, -0.1) is 0 Å². The number of Topliss-reactive ketones (excluding diaryl/α,β-unsaturated/α-hetero) is 1. The molecule has 3 N–H and O–H groups in total. The number of aliphatic hydroxyl groups excluding tert-OH is 2. The Labute approximate surface area is 171 Å². The minimum Gasteiger partial charge on any atom is -0.462 e. The van der Waals surface area contributed by atoms with E-state index >= 15 is 0 Å². The molecule has 6 heteroatoms. The highest BCUT2D eigenvalue weighted by atomic mass is 16.5. The molecule has 3 saturated carbocycles. The number of hydrogen-bond acceptors (Lipinski definition) is 6. The van der Waals surface area contributed by atoms with Crippen molar-refractivity contribution in [1.82, 2.24) is 0 Å². The molecule has 0 aromatic heterocycles. The Morgan fingerprint density at radius 3 is 2.59 bits per heavy atom. The molecule has 4 rings (SSSR count). The van der Waals surface area contributed by atoms with E-state index < -0.39 is 34.9 Å². The predicted molar refractivity (Wildman–Crippen MR) is 105 cm³/mol. The molecule has 10 atom stereocenters. The second kappa shape index (κ2) is 6.50. The molecule has 0 heterocycles. The van der Waals surface area contributed by atoms with E-state index in [0.29, 0.717) is 18.4 Å². The summed E-state index contributed by atoms with van der Waals surface area (Å²) in [6, 6.07) is 0. The Kier molecular flexibility index (Phi) is 4.65. The predicted octanol–water partition coefficient (Wildman–Crippen LogP) is 1.63. The van der Waals surface area contributed by atoms with E-state index in [-0.39, 0.29) is 42.2 Å². The standard InChI is InChI=1S/C23H32O6/c1-10(2)14-7-15-17-8-22(17,9-24)21(27)23(28)16(6-11(3)20(23)26)18(15)12(4)19(14)29-13(5)25/h6,12,14-19,21,24,27-28H,1,7-9H2,2-5H3/t12-,14+,15?,16?,17-,18?,19+,21+,22+,23+/m0/s1. The number of carbonyl (C=O) groups excluding carboxylic acids is 2. The molecule has 0 amide bonds. The molecular weight excluding hydrogens is 372 g/mol. The summed E-state index contributed by atoms with van der Waals surface area (Å²) in [7, 11) is 0. The average molecular weight is 405 g/mol. The van der Waals surface area contributed by atoms with Gasteiger partial charge in [0.2, 0.25) is 0 Å². The summed E-state index contributed by atoms with van der Waals surface area (Å²) in [5, 5.41) is 33.0. The van der Waals surface area contributed by atoms with Crippen molar-refractivity contribution in [2.75, 3.05) is 6.61 Å². The number of aliphatic hydroxyl groups is 3. The van der Waals surface area contributed by atoms with Crippen molar-refractivity contribution < 1.29 is 29.6 Å². The van der Waals surface area contributed by atoms with Crippen LogP contribution in [0.4, 0.5) is 0 Å². The SMILES string of the molecule is C=C(C)[C@H]1CC2C(C3C=C(C)C(=O)[C@@]3(O)[C@H](O)[C@@]3(CO)C[C@@H]23)[C@H](C)[C@H]1OC(C)=O. The number of fused-ring (bicyclic) bond motifs is 5. The highest BCUT2D eigenvalue weighted by molar-refractivity contribution is 6.05. The first-order valence-corrected chi connectivity index (χ1v) is 10.6. The van der Waals surface area contributed by atoms with E-state index in [1.54, 1.807) is 13.0 Å². The van der Waals surface area contributed by atoms with Gasteiger partial charge in [0.25, 0.3) is 0 Å². The molecule has 160 valence electrons. The Balaban J connectivity index is 1.84. The minimum absolute atomic E-state index is 0.0196. The minimum atomic E-state index is -1.94. The van der Waals surface area contributed by atoms with Crippen LogP contribution in [0.5, 0.6) is 0 Å². The maximum atomic E-state index is 13.0. The van der Waals surface area contributed by atoms with Gasteiger partial charge in [0.05, 0.1) is 12.7 Å². The van der Waals surface area contributed by atoms with Crippen LogP contribution in [-0.4, -0.2) is 51.5 Å². The summed E-state index contributed by atoms with van der Waals surface area (Å²) in [4.78, 5) is 24.8. The normalized spacial score (nSPS) is 50.6. The van der Waals surface area contributed by atoms with Crippen molar-refractivity contribution in [3.05, 3.63) is 23.8 Å². The smallest absolute Gasteiger partial charge is 0.302 e. The lowest BCUT2D eigenvalue weighted by atomic mass is 9.58. The Morgan fingerprint density at radius 2 is 2.03 bits per heavy atom. The fourth-order valence-electron chi connectivity index (χ4n) is 7.05. The monoisotopic (exact) mass is 404 g/mol. The van der Waals surface area contributed by atoms with Gasteiger partial charge >= 0.3 is 5.97 Å². The number of ether oxygens (including phenoxy) is 1. The third-order valence-corrected chi connectivity index (χ3v) is 8.50. The molecule has 0 radical (unpaired) electrons. The van der Waals surface area contributed by atoms with Crippen LogP contribution in [0, 0.1) is 40.9 Å². The van der Waals surface area contributed by atoms with Gasteiger partial charge in [0, 0.05) is 24.2 Å². The zero-order valence-corrected chi connectivity index (χ0v) is 17.6. The molecule has 29 heavy (non-hydrogen) atoms. The molecule has 0 aromatic carbocycles. The molecule has 3 fully saturated rings. The summed E-state index contributed by atoms with van der Waals surface area (Å²) >= 11 is 0. The Bertz CT molecular complexity index is 801. The van der Waals surface area contributed by atoms with Crippen molar-refractivity contribution in [3.8, 4) is 0 Å². The van der Waals surface area contributed by atoms with Gasteiger partial charge in [-0.2, -0.15) is 0 Å². The Hall–Kier alpha value is -1.50. The number of esters is 1. The molecule has 0 aromatic rings. The van der Waals surface area contributed by atoms with Crippen LogP contribution in [0.3, 0.4) is 0 Å². The first-order chi connectivity index (χ1) is 13.5. The zero-order chi connectivity index (χ0) is 21.5. The van der Waals surface area contributed by atoms with Gasteiger partial charge in [0.1, 0.15) is 6.10 Å². The van der Waals surface area contributed by atoms with E-state index in [4.69, 9.17) is 4.74 Å². The zero-order valence-electron chi connectivity index (χ0n) is 17.6. The fraction of sp³-hybridized carbons (Fsp3) is 0.739. The highest BCUT2D eigenvalue weighted by Crippen LogP contribution is 2.70. The first-order valence-electron chi connectivity index (χ1n) is 10.6. The van der Waals surface area contributed by atoms with Crippen LogP contribution in [0.2, 0.25) is 0 Å². The van der Waals surface area contributed by atoms with E-state index in [1.165, 1.54) is 6.92 Å². The lowest BCUT2D eigenvalue weighted by molar-refractivity contribution is -0.173. The van der Waals surface area contributed by atoms with Crippen molar-refractivity contribution in [1.29, 1.82) is 0 Å². The molecular formula is C23H32O6. The van der Waals surface area contributed by atoms with Crippen LogP contribution in [0.1, 0.15) is 40.5 Å². The largest absolute Gasteiger partial charge is 0.462 e. The van der Waals surface area contributed by atoms with Crippen molar-refractivity contribution in [2.24, 2.45) is 40.9 Å². The first kappa shape index (κ1) is 20.8. The maximum absolute atomic E-state index is 13.0. The van der Waals surface area contributed by atoms with Crippen LogP contribution < -0.4 is 0 Å². The lowest BCUT2D eigenvalue weighted by Crippen LogP contribution is -2.59. The fourth-order valence-corrected chi connectivity index (χ4v) is 7.05. The summed E-state index contributed by atoms with van der Waals surface area (Å²) in [5.41, 5.74) is -1.41. The number of ketones is 1. The molecule has 0 spiro atoms. The van der Waals surface area contributed by atoms with Crippen LogP contribution in [0.15, 0.2) is 23.8 Å². The van der Waals surface area contributed by atoms with E-state index in [0.717, 1.165) is 5.57 Å². The van der Waals surface area contributed by atoms with Crippen molar-refractivity contribution in [2.45, 2.75) is 58.3 Å². The topological polar surface area (TPSA) is 104 Å². The quantitative estimate of drug-likeness (QED) is 0.488. The van der Waals surface area contributed by atoms with Crippen LogP contribution in [0.25, 0.3) is 0 Å². The number of hydrogen-bond donors (Lipinski definition) is 3. The molecule has 6 nitrogen and oxygen atoms in total. The summed E-state index contributed by atoms with van der Waals surface area (Å²) < 4.78 is 5.73. The summed E-state index contributed by atoms with van der Waals surface area (Å²) in [6.07, 6.45) is 1.37. The molecule has 0 saturated heterocycles. The lowest BCUT2D eigenvalue weighted by Gasteiger charge is -2.49. The molecule has 0 bridgehead atoms. The average Bonchev–Trinajstić information content (AvgIpc) is 3.36. The Morgan fingerprint density at radius 1 is 1.38 bits per heavy atom. The summed E-state index contributed by atoms with van der Waals surface area (Å²) in [6.45, 7) is 10.9.